The highest BCUT2D eigenvalue weighted by Gasteiger charge is 2.37. The molecular weight excluding hydrogens is 449 g/mol. The Morgan fingerprint density at radius 2 is 1.72 bits per heavy atom. The maximum Gasteiger partial charge on any atom is 0.391 e. The van der Waals surface area contributed by atoms with E-state index in [0.29, 0.717) is 5.56 Å². The summed E-state index contributed by atoms with van der Waals surface area (Å²) in [6.45, 7) is 4.77. The van der Waals surface area contributed by atoms with Gasteiger partial charge in [0.1, 0.15) is 0 Å². The number of hydrogen-bond donors (Lipinski definition) is 3. The van der Waals surface area contributed by atoms with Crippen molar-refractivity contribution in [3.63, 3.8) is 0 Å². The summed E-state index contributed by atoms with van der Waals surface area (Å²) in [4.78, 5) is 25.6. The van der Waals surface area contributed by atoms with Gasteiger partial charge in [0.2, 0.25) is 12.3 Å². The molecule has 0 aliphatic rings. The highest BCUT2D eigenvalue weighted by Crippen LogP contribution is 2.26. The summed E-state index contributed by atoms with van der Waals surface area (Å²) in [6.07, 6.45) is -8.11. The van der Waals surface area contributed by atoms with Crippen molar-refractivity contribution >= 4 is 29.0 Å². The molecule has 3 N–H and O–H groups in total. The number of alkyl halides is 3. The van der Waals surface area contributed by atoms with Gasteiger partial charge in [-0.15, -0.1) is 0 Å². The number of benzene rings is 2. The fraction of sp³-hybridized carbons (Fsp3) is 0.364. The normalized spacial score (nSPS) is 14.0. The maximum atomic E-state index is 13.1. The summed E-state index contributed by atoms with van der Waals surface area (Å²) in [5.41, 5.74) is -0.580. The molecule has 0 bridgehead atoms. The smallest absolute Gasteiger partial charge is 0.356 e. The lowest BCUT2D eigenvalue weighted by Gasteiger charge is -2.28. The van der Waals surface area contributed by atoms with Gasteiger partial charge in [0, 0.05) is 16.1 Å². The first-order valence-electron chi connectivity index (χ1n) is 9.64. The summed E-state index contributed by atoms with van der Waals surface area (Å²) in [6, 6.07) is 10.3. The Bertz CT molecular complexity index is 946. The number of amides is 1. The zero-order chi connectivity index (χ0) is 24.1. The molecule has 2 atom stereocenters. The van der Waals surface area contributed by atoms with Crippen LogP contribution in [0.1, 0.15) is 43.1 Å². The zero-order valence-electron chi connectivity index (χ0n) is 17.7. The minimum absolute atomic E-state index is 0.00861. The molecule has 0 saturated heterocycles. The molecule has 6 nitrogen and oxygen atoms in total. The molecule has 0 saturated carbocycles. The Morgan fingerprint density at radius 1 is 1.09 bits per heavy atom. The Balaban J connectivity index is 2.29. The third-order valence-electron chi connectivity index (χ3n) is 4.08. The number of carbonyl (C=O) groups is 2. The lowest BCUT2D eigenvalue weighted by atomic mass is 10.0. The van der Waals surface area contributed by atoms with E-state index in [1.807, 2.05) is 0 Å². The summed E-state index contributed by atoms with van der Waals surface area (Å²) < 4.78 is 44.3. The van der Waals surface area contributed by atoms with E-state index >= 15 is 0 Å². The first kappa shape index (κ1) is 25.8. The number of carbonyl (C=O) groups excluding carboxylic acids is 2. The summed E-state index contributed by atoms with van der Waals surface area (Å²) in [5.74, 6) is -1.58. The van der Waals surface area contributed by atoms with Gasteiger partial charge in [0.05, 0.1) is 23.8 Å². The van der Waals surface area contributed by atoms with Crippen LogP contribution < -0.4 is 10.6 Å². The van der Waals surface area contributed by atoms with Crippen molar-refractivity contribution in [3.8, 4) is 0 Å². The number of aliphatic hydroxyl groups excluding tert-OH is 1. The molecule has 174 valence electrons. The SMILES string of the molecule is CC(C)(C)OC(O)N[C@@H](CC(F)(F)F)C(=O)Nc1ccc(Cl)cc1C(=O)c1ccccc1. The van der Waals surface area contributed by atoms with Crippen molar-refractivity contribution in [2.45, 2.75) is 51.4 Å². The van der Waals surface area contributed by atoms with Gasteiger partial charge in [0.15, 0.2) is 5.78 Å². The largest absolute Gasteiger partial charge is 0.391 e. The molecule has 0 radical (unpaired) electrons. The minimum atomic E-state index is -4.71. The molecule has 0 aliphatic carbocycles. The molecule has 1 amide bonds. The number of ether oxygens (including phenoxy) is 1. The minimum Gasteiger partial charge on any atom is -0.356 e. The molecule has 2 aromatic carbocycles. The third kappa shape index (κ3) is 8.23. The lowest BCUT2D eigenvalue weighted by Crippen LogP contribution is -2.50. The van der Waals surface area contributed by atoms with Gasteiger partial charge in [0.25, 0.3) is 0 Å². The monoisotopic (exact) mass is 472 g/mol. The topological polar surface area (TPSA) is 87.7 Å². The van der Waals surface area contributed by atoms with E-state index < -0.39 is 42.3 Å². The fourth-order valence-corrected chi connectivity index (χ4v) is 2.95. The van der Waals surface area contributed by atoms with Gasteiger partial charge >= 0.3 is 6.18 Å². The zero-order valence-corrected chi connectivity index (χ0v) is 18.4. The van der Waals surface area contributed by atoms with Gasteiger partial charge in [-0.1, -0.05) is 41.9 Å². The van der Waals surface area contributed by atoms with E-state index in [9.17, 15) is 27.9 Å². The summed E-state index contributed by atoms with van der Waals surface area (Å²) in [5, 5.41) is 14.6. The first-order chi connectivity index (χ1) is 14.7. The van der Waals surface area contributed by atoms with Gasteiger partial charge in [-0.2, -0.15) is 13.2 Å². The van der Waals surface area contributed by atoms with Crippen molar-refractivity contribution in [2.75, 3.05) is 5.32 Å². The van der Waals surface area contributed by atoms with Crippen LogP contribution in [0.5, 0.6) is 0 Å². The Kier molecular flexibility index (Phi) is 8.41. The van der Waals surface area contributed by atoms with E-state index in [-0.39, 0.29) is 16.3 Å². The van der Waals surface area contributed by atoms with Crippen LogP contribution >= 0.6 is 11.6 Å². The molecule has 0 heterocycles. The Hall–Kier alpha value is -2.46. The van der Waals surface area contributed by atoms with E-state index in [4.69, 9.17) is 16.3 Å². The van der Waals surface area contributed by atoms with Crippen molar-refractivity contribution in [2.24, 2.45) is 0 Å². The number of halogens is 4. The number of nitrogens with one attached hydrogen (secondary N) is 2. The van der Waals surface area contributed by atoms with Crippen LogP contribution in [0.15, 0.2) is 48.5 Å². The Morgan fingerprint density at radius 3 is 2.28 bits per heavy atom. The second kappa shape index (κ2) is 10.4. The molecule has 2 aromatic rings. The van der Waals surface area contributed by atoms with Crippen LogP contribution in [0.2, 0.25) is 5.02 Å². The third-order valence-corrected chi connectivity index (χ3v) is 4.32. The van der Waals surface area contributed by atoms with Crippen LogP contribution in [0.3, 0.4) is 0 Å². The summed E-state index contributed by atoms with van der Waals surface area (Å²) >= 11 is 5.99. The molecule has 0 fully saturated rings. The number of aliphatic hydroxyl groups is 1. The maximum absolute atomic E-state index is 13.1. The van der Waals surface area contributed by atoms with Gasteiger partial charge in [-0.25, -0.2) is 0 Å². The first-order valence-corrected chi connectivity index (χ1v) is 10.0. The van der Waals surface area contributed by atoms with Gasteiger partial charge < -0.3 is 15.2 Å². The van der Waals surface area contributed by atoms with E-state index in [0.717, 1.165) is 0 Å². The quantitative estimate of drug-likeness (QED) is 0.388. The van der Waals surface area contributed by atoms with Crippen LogP contribution in [0.25, 0.3) is 0 Å². The predicted octanol–water partition coefficient (Wildman–Crippen LogP) is 4.51. The average Bonchev–Trinajstić information content (AvgIpc) is 2.66. The molecule has 10 heteroatoms. The Labute approximate surface area is 188 Å². The number of ketones is 1. The van der Waals surface area contributed by atoms with Crippen LogP contribution in [0.4, 0.5) is 18.9 Å². The van der Waals surface area contributed by atoms with Crippen molar-refractivity contribution < 1.29 is 32.6 Å². The van der Waals surface area contributed by atoms with E-state index in [1.54, 1.807) is 51.1 Å². The standard InChI is InChI=1S/C22H24ClF3N2O4/c1-21(2,3)32-20(31)28-17(12-22(24,25)26)19(30)27-16-10-9-14(23)11-15(16)18(29)13-7-5-4-6-8-13/h4-11,17,20,28,31H,12H2,1-3H3,(H,27,30)/t17-,20?/m0/s1. The molecule has 0 aromatic heterocycles. The molecule has 32 heavy (non-hydrogen) atoms. The molecule has 0 spiro atoms. The lowest BCUT2D eigenvalue weighted by molar-refractivity contribution is -0.194. The number of rotatable bonds is 8. The average molecular weight is 473 g/mol. The molecular formula is C22H24ClF3N2O4. The van der Waals surface area contributed by atoms with Crippen molar-refractivity contribution in [1.29, 1.82) is 0 Å². The fourth-order valence-electron chi connectivity index (χ4n) is 2.78. The second-order valence-corrected chi connectivity index (χ2v) is 8.43. The van der Waals surface area contributed by atoms with Gasteiger partial charge in [-0.05, 0) is 39.0 Å². The van der Waals surface area contributed by atoms with Crippen LogP contribution in [-0.2, 0) is 9.53 Å². The van der Waals surface area contributed by atoms with Crippen molar-refractivity contribution in [1.82, 2.24) is 5.32 Å². The van der Waals surface area contributed by atoms with Crippen LogP contribution in [-0.4, -0.2) is 41.0 Å². The predicted molar refractivity (Wildman–Crippen MR) is 114 cm³/mol. The molecule has 0 aliphatic heterocycles. The van der Waals surface area contributed by atoms with Crippen LogP contribution in [0, 0.1) is 0 Å². The summed E-state index contributed by atoms with van der Waals surface area (Å²) in [7, 11) is 0. The highest BCUT2D eigenvalue weighted by molar-refractivity contribution is 6.31. The molecule has 2 rings (SSSR count). The van der Waals surface area contributed by atoms with Crippen molar-refractivity contribution in [3.05, 3.63) is 64.7 Å². The van der Waals surface area contributed by atoms with E-state index in [2.05, 4.69) is 10.6 Å². The number of anilines is 1. The van der Waals surface area contributed by atoms with E-state index in [1.165, 1.54) is 18.2 Å². The van der Waals surface area contributed by atoms with Gasteiger partial charge in [-0.3, -0.25) is 14.9 Å². The molecule has 1 unspecified atom stereocenters. The number of hydrogen-bond acceptors (Lipinski definition) is 5. The second-order valence-electron chi connectivity index (χ2n) is 8.00. The highest BCUT2D eigenvalue weighted by atomic mass is 35.5.